The molecule has 0 spiro atoms. The number of rotatable bonds is 1. The van der Waals surface area contributed by atoms with Gasteiger partial charge in [-0.25, -0.2) is 8.42 Å². The van der Waals surface area contributed by atoms with E-state index in [-0.39, 0.29) is 4.90 Å². The summed E-state index contributed by atoms with van der Waals surface area (Å²) in [4.78, 5) is 0.181. The zero-order valence-electron chi connectivity index (χ0n) is 9.52. The molecule has 0 aliphatic rings. The molecule has 1 aromatic carbocycles. The third kappa shape index (κ3) is 3.95. The molecule has 0 fully saturated rings. The molecule has 0 bridgehead atoms. The maximum Gasteiger partial charge on any atom is 0.248 e. The SMILES string of the molecule is CC(C)(C)OC#CS(=O)(=O)c1ccccc1. The van der Waals surface area contributed by atoms with Gasteiger partial charge >= 0.3 is 0 Å². The molecule has 86 valence electrons. The number of hydrogen-bond donors (Lipinski definition) is 0. The molecule has 0 saturated heterocycles. The Labute approximate surface area is 96.4 Å². The zero-order chi connectivity index (χ0) is 12.2. The van der Waals surface area contributed by atoms with Crippen molar-refractivity contribution in [1.29, 1.82) is 0 Å². The van der Waals surface area contributed by atoms with Crippen molar-refractivity contribution >= 4 is 9.84 Å². The Bertz CT molecular complexity index is 499. The molecule has 1 aromatic rings. The van der Waals surface area contributed by atoms with Gasteiger partial charge in [-0.15, -0.1) is 0 Å². The molecule has 0 atom stereocenters. The minimum Gasteiger partial charge on any atom is -0.440 e. The normalized spacial score (nSPS) is 11.4. The van der Waals surface area contributed by atoms with Crippen molar-refractivity contribution < 1.29 is 13.2 Å². The van der Waals surface area contributed by atoms with E-state index in [9.17, 15) is 8.42 Å². The Kier molecular flexibility index (Phi) is 3.61. The van der Waals surface area contributed by atoms with Gasteiger partial charge in [-0.3, -0.25) is 0 Å². The monoisotopic (exact) mass is 238 g/mol. The van der Waals surface area contributed by atoms with Crippen molar-refractivity contribution in [1.82, 2.24) is 0 Å². The largest absolute Gasteiger partial charge is 0.440 e. The molecule has 0 radical (unpaired) electrons. The van der Waals surface area contributed by atoms with E-state index in [1.165, 1.54) is 12.1 Å². The van der Waals surface area contributed by atoms with Gasteiger partial charge in [-0.1, -0.05) is 18.2 Å². The first-order valence-corrected chi connectivity index (χ1v) is 6.29. The van der Waals surface area contributed by atoms with E-state index in [1.54, 1.807) is 39.0 Å². The third-order valence-electron chi connectivity index (χ3n) is 1.59. The van der Waals surface area contributed by atoms with Gasteiger partial charge < -0.3 is 4.74 Å². The topological polar surface area (TPSA) is 43.4 Å². The summed E-state index contributed by atoms with van der Waals surface area (Å²) in [5.41, 5.74) is -0.473. The Hall–Kier alpha value is -1.47. The Morgan fingerprint density at radius 1 is 1.12 bits per heavy atom. The first kappa shape index (κ1) is 12.6. The first-order valence-electron chi connectivity index (χ1n) is 4.81. The van der Waals surface area contributed by atoms with Crippen LogP contribution in [0.25, 0.3) is 0 Å². The van der Waals surface area contributed by atoms with Crippen LogP contribution in [0.2, 0.25) is 0 Å². The number of sulfone groups is 1. The average molecular weight is 238 g/mol. The molecular formula is C12H14O3S. The third-order valence-corrected chi connectivity index (χ3v) is 2.83. The summed E-state index contributed by atoms with van der Waals surface area (Å²) in [5.74, 6) is 0. The minimum atomic E-state index is -3.57. The van der Waals surface area contributed by atoms with E-state index in [0.29, 0.717) is 0 Å². The zero-order valence-corrected chi connectivity index (χ0v) is 10.3. The fourth-order valence-corrected chi connectivity index (χ4v) is 1.67. The van der Waals surface area contributed by atoms with Crippen LogP contribution in [0.3, 0.4) is 0 Å². The lowest BCUT2D eigenvalue weighted by atomic mass is 10.2. The van der Waals surface area contributed by atoms with Gasteiger partial charge in [0.1, 0.15) is 11.7 Å². The maximum atomic E-state index is 11.7. The van der Waals surface area contributed by atoms with Crippen LogP contribution < -0.4 is 0 Å². The second kappa shape index (κ2) is 4.58. The Morgan fingerprint density at radius 3 is 2.19 bits per heavy atom. The molecule has 4 heteroatoms. The van der Waals surface area contributed by atoms with Crippen LogP contribution >= 0.6 is 0 Å². The lowest BCUT2D eigenvalue weighted by Gasteiger charge is -2.14. The molecule has 0 aliphatic carbocycles. The minimum absolute atomic E-state index is 0.181. The summed E-state index contributed by atoms with van der Waals surface area (Å²) in [6.45, 7) is 5.41. The molecule has 0 aromatic heterocycles. The smallest absolute Gasteiger partial charge is 0.248 e. The van der Waals surface area contributed by atoms with Crippen molar-refractivity contribution in [2.24, 2.45) is 0 Å². The van der Waals surface area contributed by atoms with Crippen LogP contribution in [0.4, 0.5) is 0 Å². The number of ether oxygens (including phenoxy) is 1. The molecule has 0 heterocycles. The van der Waals surface area contributed by atoms with E-state index in [1.807, 2.05) is 0 Å². The summed E-state index contributed by atoms with van der Waals surface area (Å²) < 4.78 is 28.4. The van der Waals surface area contributed by atoms with Crippen molar-refractivity contribution in [2.45, 2.75) is 31.3 Å². The summed E-state index contributed by atoms with van der Waals surface area (Å²) in [6.07, 6.45) is 2.23. The van der Waals surface area contributed by atoms with E-state index in [4.69, 9.17) is 4.74 Å². The van der Waals surface area contributed by atoms with Crippen LogP contribution in [-0.2, 0) is 14.6 Å². The quantitative estimate of drug-likeness (QED) is 0.704. The fraction of sp³-hybridized carbons (Fsp3) is 0.333. The van der Waals surface area contributed by atoms with Crippen molar-refractivity contribution in [2.75, 3.05) is 0 Å². The number of hydrogen-bond acceptors (Lipinski definition) is 3. The highest BCUT2D eigenvalue weighted by Gasteiger charge is 2.11. The highest BCUT2D eigenvalue weighted by atomic mass is 32.2. The van der Waals surface area contributed by atoms with Gasteiger partial charge in [0, 0.05) is 0 Å². The van der Waals surface area contributed by atoms with Gasteiger partial charge in [0.25, 0.3) is 0 Å². The van der Waals surface area contributed by atoms with Gasteiger partial charge in [-0.05, 0) is 32.9 Å². The second-order valence-corrected chi connectivity index (χ2v) is 5.92. The van der Waals surface area contributed by atoms with Crippen LogP contribution in [-0.4, -0.2) is 14.0 Å². The van der Waals surface area contributed by atoms with E-state index in [0.717, 1.165) is 0 Å². The van der Waals surface area contributed by atoms with E-state index >= 15 is 0 Å². The van der Waals surface area contributed by atoms with Gasteiger partial charge in [0.05, 0.1) is 10.1 Å². The Balaban J connectivity index is 2.90. The lowest BCUT2D eigenvalue weighted by Crippen LogP contribution is -2.15. The van der Waals surface area contributed by atoms with Crippen LogP contribution in [0.1, 0.15) is 20.8 Å². The number of benzene rings is 1. The average Bonchev–Trinajstić information content (AvgIpc) is 2.17. The maximum absolute atomic E-state index is 11.7. The first-order chi connectivity index (χ1) is 7.31. The molecule has 0 N–H and O–H groups in total. The molecule has 0 unspecified atom stereocenters. The molecule has 0 aliphatic heterocycles. The van der Waals surface area contributed by atoms with E-state index in [2.05, 4.69) is 11.4 Å². The van der Waals surface area contributed by atoms with Crippen LogP contribution in [0.5, 0.6) is 0 Å². The molecule has 3 nitrogen and oxygen atoms in total. The molecule has 0 saturated carbocycles. The standard InChI is InChI=1S/C12H14O3S/c1-12(2,3)15-9-10-16(13,14)11-7-5-4-6-8-11/h4-8H,1-3H3. The predicted octanol–water partition coefficient (Wildman–Crippen LogP) is 2.19. The van der Waals surface area contributed by atoms with Crippen molar-refractivity contribution in [3.8, 4) is 11.4 Å². The predicted molar refractivity (Wildman–Crippen MR) is 62.2 cm³/mol. The fourth-order valence-electron chi connectivity index (χ4n) is 0.887. The van der Waals surface area contributed by atoms with Gasteiger partial charge in [-0.2, -0.15) is 0 Å². The second-order valence-electron chi connectivity index (χ2n) is 4.24. The van der Waals surface area contributed by atoms with Gasteiger partial charge in [0.2, 0.25) is 9.84 Å². The van der Waals surface area contributed by atoms with Crippen LogP contribution in [0.15, 0.2) is 35.2 Å². The van der Waals surface area contributed by atoms with Crippen LogP contribution in [0, 0.1) is 11.4 Å². The summed E-state index contributed by atoms with van der Waals surface area (Å²) >= 11 is 0. The molecule has 0 amide bonds. The Morgan fingerprint density at radius 2 is 1.69 bits per heavy atom. The highest BCUT2D eigenvalue weighted by Crippen LogP contribution is 2.09. The van der Waals surface area contributed by atoms with Crippen molar-refractivity contribution in [3.63, 3.8) is 0 Å². The lowest BCUT2D eigenvalue weighted by molar-refractivity contribution is 0.0965. The molecular weight excluding hydrogens is 224 g/mol. The summed E-state index contributed by atoms with van der Waals surface area (Å²) in [7, 11) is -3.57. The summed E-state index contributed by atoms with van der Waals surface area (Å²) in [6, 6.07) is 8.05. The molecule has 16 heavy (non-hydrogen) atoms. The van der Waals surface area contributed by atoms with Gasteiger partial charge in [0.15, 0.2) is 0 Å². The van der Waals surface area contributed by atoms with Crippen molar-refractivity contribution in [3.05, 3.63) is 30.3 Å². The van der Waals surface area contributed by atoms with E-state index < -0.39 is 15.4 Å². The molecule has 1 rings (SSSR count). The highest BCUT2D eigenvalue weighted by molar-refractivity contribution is 7.96. The summed E-state index contributed by atoms with van der Waals surface area (Å²) in [5, 5.41) is 2.13.